The van der Waals surface area contributed by atoms with Crippen molar-refractivity contribution < 1.29 is 9.90 Å². The van der Waals surface area contributed by atoms with Crippen molar-refractivity contribution in [3.05, 3.63) is 21.8 Å². The van der Waals surface area contributed by atoms with Crippen LogP contribution in [0.4, 0.5) is 0 Å². The lowest BCUT2D eigenvalue weighted by molar-refractivity contribution is -0.133. The molecule has 1 saturated carbocycles. The van der Waals surface area contributed by atoms with Crippen molar-refractivity contribution >= 4 is 39.3 Å². The van der Waals surface area contributed by atoms with Gasteiger partial charge in [-0.1, -0.05) is 24.6 Å². The van der Waals surface area contributed by atoms with Gasteiger partial charge in [0.2, 0.25) is 0 Å². The van der Waals surface area contributed by atoms with Crippen LogP contribution in [0.2, 0.25) is 0 Å². The highest BCUT2D eigenvalue weighted by Crippen LogP contribution is 2.37. The third-order valence-corrected chi connectivity index (χ3v) is 5.45. The normalized spacial score (nSPS) is 16.2. The van der Waals surface area contributed by atoms with Gasteiger partial charge in [-0.05, 0) is 30.7 Å². The topological polar surface area (TPSA) is 72.2 Å². The van der Waals surface area contributed by atoms with Crippen molar-refractivity contribution in [1.82, 2.24) is 9.55 Å². The maximum absolute atomic E-state index is 12.7. The number of nitrogens with zero attached hydrogens (tertiary/aromatic N) is 2. The first-order valence-corrected chi connectivity index (χ1v) is 8.77. The molecular formula is C14H16N2O3S2. The monoisotopic (exact) mass is 324 g/mol. The van der Waals surface area contributed by atoms with Gasteiger partial charge in [0.15, 0.2) is 5.16 Å². The minimum atomic E-state index is -0.902. The summed E-state index contributed by atoms with van der Waals surface area (Å²) in [7, 11) is 0. The van der Waals surface area contributed by atoms with Gasteiger partial charge in [0.25, 0.3) is 5.56 Å². The SMILES string of the molecule is CC(CC1CC1)n1c(SCC(=O)O)nc2ccsc2c1=O. The first-order chi connectivity index (χ1) is 10.1. The molecule has 1 atom stereocenters. The molecule has 0 aromatic carbocycles. The van der Waals surface area contributed by atoms with Crippen LogP contribution < -0.4 is 5.56 Å². The van der Waals surface area contributed by atoms with Gasteiger partial charge in [-0.3, -0.25) is 14.2 Å². The van der Waals surface area contributed by atoms with Gasteiger partial charge in [-0.15, -0.1) is 11.3 Å². The fourth-order valence-corrected chi connectivity index (χ4v) is 4.05. The van der Waals surface area contributed by atoms with E-state index in [9.17, 15) is 9.59 Å². The number of thiophene rings is 1. The van der Waals surface area contributed by atoms with Crippen molar-refractivity contribution in [3.8, 4) is 0 Å². The summed E-state index contributed by atoms with van der Waals surface area (Å²) in [6.45, 7) is 2.02. The second kappa shape index (κ2) is 5.81. The Morgan fingerprint density at radius 2 is 2.38 bits per heavy atom. The average Bonchev–Trinajstić information content (AvgIpc) is 3.10. The molecule has 1 N–H and O–H groups in total. The Kier molecular flexibility index (Phi) is 4.03. The number of aromatic nitrogens is 2. The molecule has 0 aliphatic heterocycles. The van der Waals surface area contributed by atoms with E-state index in [1.807, 2.05) is 18.4 Å². The fraction of sp³-hybridized carbons (Fsp3) is 0.500. The molecule has 0 saturated heterocycles. The molecule has 5 nitrogen and oxygen atoms in total. The lowest BCUT2D eigenvalue weighted by atomic mass is 10.1. The molecule has 7 heteroatoms. The van der Waals surface area contributed by atoms with Gasteiger partial charge < -0.3 is 5.11 Å². The summed E-state index contributed by atoms with van der Waals surface area (Å²) < 4.78 is 2.34. The predicted molar refractivity (Wildman–Crippen MR) is 84.3 cm³/mol. The Bertz CT molecular complexity index is 733. The van der Waals surface area contributed by atoms with Crippen LogP contribution in [0.15, 0.2) is 21.4 Å². The number of hydrogen-bond donors (Lipinski definition) is 1. The average molecular weight is 324 g/mol. The van der Waals surface area contributed by atoms with Gasteiger partial charge in [-0.25, -0.2) is 4.98 Å². The van der Waals surface area contributed by atoms with Gasteiger partial charge in [0, 0.05) is 6.04 Å². The Morgan fingerprint density at radius 1 is 1.62 bits per heavy atom. The summed E-state index contributed by atoms with van der Waals surface area (Å²) in [5, 5.41) is 11.2. The Balaban J connectivity index is 2.03. The summed E-state index contributed by atoms with van der Waals surface area (Å²) in [6.07, 6.45) is 3.41. The van der Waals surface area contributed by atoms with E-state index in [4.69, 9.17) is 5.11 Å². The number of thioether (sulfide) groups is 1. The zero-order chi connectivity index (χ0) is 15.0. The summed E-state index contributed by atoms with van der Waals surface area (Å²) in [4.78, 5) is 28.0. The van der Waals surface area contributed by atoms with Crippen LogP contribution in [-0.2, 0) is 4.79 Å². The second-order valence-electron chi connectivity index (χ2n) is 5.42. The molecule has 2 heterocycles. The summed E-state index contributed by atoms with van der Waals surface area (Å²) in [5.74, 6) is -0.289. The first-order valence-electron chi connectivity index (χ1n) is 6.90. The van der Waals surface area contributed by atoms with E-state index in [1.165, 1.54) is 24.2 Å². The number of rotatable bonds is 6. The van der Waals surface area contributed by atoms with Crippen molar-refractivity contribution in [2.75, 3.05) is 5.75 Å². The lowest BCUT2D eigenvalue weighted by Crippen LogP contribution is -2.26. The number of fused-ring (bicyclic) bond motifs is 1. The van der Waals surface area contributed by atoms with Gasteiger partial charge >= 0.3 is 5.97 Å². The number of carboxylic acids is 1. The second-order valence-corrected chi connectivity index (χ2v) is 7.27. The molecule has 0 radical (unpaired) electrons. The lowest BCUT2D eigenvalue weighted by Gasteiger charge is -2.18. The van der Waals surface area contributed by atoms with Gasteiger partial charge in [-0.2, -0.15) is 0 Å². The molecule has 1 aliphatic carbocycles. The molecule has 1 unspecified atom stereocenters. The van der Waals surface area contributed by atoms with E-state index in [0.717, 1.165) is 18.2 Å². The van der Waals surface area contributed by atoms with Crippen molar-refractivity contribution in [2.24, 2.45) is 5.92 Å². The van der Waals surface area contributed by atoms with Gasteiger partial charge in [0.05, 0.1) is 11.3 Å². The fourth-order valence-electron chi connectivity index (χ4n) is 2.46. The summed E-state index contributed by atoms with van der Waals surface area (Å²) in [6, 6.07) is 1.86. The van der Waals surface area contributed by atoms with Crippen LogP contribution in [0.3, 0.4) is 0 Å². The van der Waals surface area contributed by atoms with E-state index >= 15 is 0 Å². The van der Waals surface area contributed by atoms with Crippen LogP contribution in [0.25, 0.3) is 10.2 Å². The Hall–Kier alpha value is -1.34. The molecule has 0 amide bonds. The Morgan fingerprint density at radius 3 is 3.05 bits per heavy atom. The minimum absolute atomic E-state index is 0.0453. The van der Waals surface area contributed by atoms with E-state index in [1.54, 1.807) is 4.57 Å². The highest BCUT2D eigenvalue weighted by molar-refractivity contribution is 7.99. The largest absolute Gasteiger partial charge is 0.481 e. The molecule has 2 aromatic heterocycles. The minimum Gasteiger partial charge on any atom is -0.481 e. The number of carboxylic acid groups (broad SMARTS) is 1. The van der Waals surface area contributed by atoms with Crippen molar-refractivity contribution in [1.29, 1.82) is 0 Å². The third kappa shape index (κ3) is 3.13. The maximum atomic E-state index is 12.7. The number of carbonyl (C=O) groups is 1. The van der Waals surface area contributed by atoms with Crippen molar-refractivity contribution in [2.45, 2.75) is 37.4 Å². The van der Waals surface area contributed by atoms with E-state index < -0.39 is 5.97 Å². The van der Waals surface area contributed by atoms with Crippen LogP contribution >= 0.6 is 23.1 Å². The van der Waals surface area contributed by atoms with Gasteiger partial charge in [0.1, 0.15) is 4.70 Å². The number of hydrogen-bond acceptors (Lipinski definition) is 5. The van der Waals surface area contributed by atoms with Crippen LogP contribution in [0, 0.1) is 5.92 Å². The third-order valence-electron chi connectivity index (χ3n) is 3.62. The van der Waals surface area contributed by atoms with Crippen LogP contribution in [-0.4, -0.2) is 26.4 Å². The zero-order valence-electron chi connectivity index (χ0n) is 11.6. The molecule has 112 valence electrons. The van der Waals surface area contributed by atoms with Crippen LogP contribution in [0.5, 0.6) is 0 Å². The molecule has 2 aromatic rings. The maximum Gasteiger partial charge on any atom is 0.313 e. The smallest absolute Gasteiger partial charge is 0.313 e. The first kappa shape index (κ1) is 14.6. The molecule has 0 bridgehead atoms. The van der Waals surface area contributed by atoms with E-state index in [2.05, 4.69) is 4.98 Å². The molecule has 0 spiro atoms. The van der Waals surface area contributed by atoms with E-state index in [-0.39, 0.29) is 17.4 Å². The molecule has 1 fully saturated rings. The molecule has 1 aliphatic rings. The molecular weight excluding hydrogens is 308 g/mol. The summed E-state index contributed by atoms with van der Waals surface area (Å²) >= 11 is 2.51. The quantitative estimate of drug-likeness (QED) is 0.653. The molecule has 3 rings (SSSR count). The van der Waals surface area contributed by atoms with E-state index in [0.29, 0.717) is 21.3 Å². The standard InChI is InChI=1S/C14H16N2O3S2/c1-8(6-9-2-3-9)16-13(19)12-10(4-5-20-12)15-14(16)21-7-11(17)18/h4-5,8-9H,2-3,6-7H2,1H3,(H,17,18). The summed E-state index contributed by atoms with van der Waals surface area (Å²) in [5.41, 5.74) is 0.615. The predicted octanol–water partition coefficient (Wildman–Crippen LogP) is 3.00. The van der Waals surface area contributed by atoms with Crippen molar-refractivity contribution in [3.63, 3.8) is 0 Å². The molecule has 21 heavy (non-hydrogen) atoms. The number of aliphatic carboxylic acids is 1. The zero-order valence-corrected chi connectivity index (χ0v) is 13.2. The van der Waals surface area contributed by atoms with Crippen LogP contribution in [0.1, 0.15) is 32.2 Å². The highest BCUT2D eigenvalue weighted by atomic mass is 32.2. The Labute approximate surface area is 130 Å². The highest BCUT2D eigenvalue weighted by Gasteiger charge is 2.26.